The van der Waals surface area contributed by atoms with Gasteiger partial charge in [-0.15, -0.1) is 0 Å². The van der Waals surface area contributed by atoms with Crippen molar-refractivity contribution in [3.8, 4) is 0 Å². The van der Waals surface area contributed by atoms with Crippen LogP contribution in [-0.4, -0.2) is 4.98 Å². The Hall–Kier alpha value is -1.90. The molecule has 0 spiro atoms. The average Bonchev–Trinajstić information content (AvgIpc) is 3.24. The van der Waals surface area contributed by atoms with Gasteiger partial charge in [0.2, 0.25) is 0 Å². The minimum Gasteiger partial charge on any atom is -0.377 e. The molecule has 1 unspecified atom stereocenters. The molecule has 0 amide bonds. The van der Waals surface area contributed by atoms with E-state index in [-0.39, 0.29) is 11.9 Å². The number of nitrogens with one attached hydrogen (secondary N) is 1. The molecule has 2 nitrogen and oxygen atoms in total. The van der Waals surface area contributed by atoms with Gasteiger partial charge in [-0.2, -0.15) is 0 Å². The average molecular weight is 256 g/mol. The summed E-state index contributed by atoms with van der Waals surface area (Å²) >= 11 is 0. The molecular weight excluding hydrogens is 239 g/mol. The van der Waals surface area contributed by atoms with E-state index >= 15 is 0 Å². The molecule has 19 heavy (non-hydrogen) atoms. The number of pyridine rings is 1. The fourth-order valence-corrected chi connectivity index (χ4v) is 2.31. The Morgan fingerprint density at radius 1 is 1.16 bits per heavy atom. The van der Waals surface area contributed by atoms with E-state index in [1.165, 1.54) is 25.0 Å². The van der Waals surface area contributed by atoms with Crippen LogP contribution in [0.3, 0.4) is 0 Å². The van der Waals surface area contributed by atoms with E-state index in [4.69, 9.17) is 0 Å². The van der Waals surface area contributed by atoms with Gasteiger partial charge in [0, 0.05) is 5.69 Å². The first-order valence-corrected chi connectivity index (χ1v) is 6.67. The number of nitrogens with zero attached hydrogens (tertiary/aromatic N) is 1. The third-order valence-corrected chi connectivity index (χ3v) is 3.56. The zero-order valence-corrected chi connectivity index (χ0v) is 10.9. The van der Waals surface area contributed by atoms with E-state index in [9.17, 15) is 4.39 Å². The highest BCUT2D eigenvalue weighted by molar-refractivity contribution is 5.44. The van der Waals surface area contributed by atoms with Crippen LogP contribution in [-0.2, 0) is 0 Å². The number of aromatic nitrogens is 1. The summed E-state index contributed by atoms with van der Waals surface area (Å²) in [5, 5.41) is 3.52. The number of benzene rings is 1. The van der Waals surface area contributed by atoms with Crippen molar-refractivity contribution < 1.29 is 4.39 Å². The molecule has 0 radical (unpaired) electrons. The highest BCUT2D eigenvalue weighted by Crippen LogP contribution is 2.42. The molecule has 1 fully saturated rings. The van der Waals surface area contributed by atoms with E-state index in [1.54, 1.807) is 0 Å². The highest BCUT2D eigenvalue weighted by atomic mass is 19.1. The molecule has 1 aromatic heterocycles. The minimum atomic E-state index is -0.185. The van der Waals surface area contributed by atoms with E-state index in [0.717, 1.165) is 16.9 Å². The monoisotopic (exact) mass is 256 g/mol. The molecule has 1 saturated carbocycles. The zero-order valence-electron chi connectivity index (χ0n) is 10.9. The summed E-state index contributed by atoms with van der Waals surface area (Å²) in [6.45, 7) is 1.97. The fourth-order valence-electron chi connectivity index (χ4n) is 2.31. The maximum Gasteiger partial charge on any atom is 0.123 e. The highest BCUT2D eigenvalue weighted by Gasteiger charge is 2.32. The van der Waals surface area contributed by atoms with Gasteiger partial charge in [0.1, 0.15) is 5.82 Å². The van der Waals surface area contributed by atoms with Gasteiger partial charge >= 0.3 is 0 Å². The molecule has 1 N–H and O–H groups in total. The van der Waals surface area contributed by atoms with Gasteiger partial charge in [-0.25, -0.2) is 4.39 Å². The molecule has 1 aromatic carbocycles. The van der Waals surface area contributed by atoms with Crippen LogP contribution >= 0.6 is 0 Å². The smallest absolute Gasteiger partial charge is 0.123 e. The molecule has 0 aliphatic heterocycles. The number of halogens is 1. The van der Waals surface area contributed by atoms with Gasteiger partial charge in [-0.1, -0.05) is 12.1 Å². The molecule has 98 valence electrons. The summed E-state index contributed by atoms with van der Waals surface area (Å²) in [5.74, 6) is 0.460. The lowest BCUT2D eigenvalue weighted by Gasteiger charge is -2.20. The number of rotatable bonds is 4. The molecular formula is C16H17FN2. The van der Waals surface area contributed by atoms with Gasteiger partial charge < -0.3 is 5.32 Å². The maximum absolute atomic E-state index is 13.0. The second-order valence-corrected chi connectivity index (χ2v) is 5.20. The second kappa shape index (κ2) is 5.00. The van der Waals surface area contributed by atoms with Gasteiger partial charge in [0.05, 0.1) is 17.9 Å². The van der Waals surface area contributed by atoms with Crippen molar-refractivity contribution in [2.75, 3.05) is 5.32 Å². The van der Waals surface area contributed by atoms with Gasteiger partial charge in [-0.05, 0) is 55.5 Å². The maximum atomic E-state index is 13.0. The molecule has 0 bridgehead atoms. The van der Waals surface area contributed by atoms with Crippen LogP contribution < -0.4 is 5.32 Å². The SMILES string of the molecule is Cc1ccc(NC(c2ccc(F)cc2)C2CC2)cn1. The van der Waals surface area contributed by atoms with Crippen LogP contribution in [0.5, 0.6) is 0 Å². The first-order valence-electron chi connectivity index (χ1n) is 6.67. The number of hydrogen-bond acceptors (Lipinski definition) is 2. The summed E-state index contributed by atoms with van der Waals surface area (Å²) in [6, 6.07) is 11.1. The van der Waals surface area contributed by atoms with Gasteiger partial charge in [0.15, 0.2) is 0 Å². The van der Waals surface area contributed by atoms with Crippen LogP contribution in [0.1, 0.15) is 30.1 Å². The predicted octanol–water partition coefficient (Wildman–Crippen LogP) is 4.09. The Labute approximate surface area is 112 Å². The van der Waals surface area contributed by atoms with Crippen molar-refractivity contribution in [3.05, 3.63) is 59.7 Å². The molecule has 1 atom stereocenters. The van der Waals surface area contributed by atoms with Crippen LogP contribution in [0, 0.1) is 18.7 Å². The lowest BCUT2D eigenvalue weighted by molar-refractivity contribution is 0.622. The zero-order chi connectivity index (χ0) is 13.2. The molecule has 1 heterocycles. The van der Waals surface area contributed by atoms with Gasteiger partial charge in [-0.3, -0.25) is 4.98 Å². The fraction of sp³-hybridized carbons (Fsp3) is 0.312. The van der Waals surface area contributed by atoms with Crippen LogP contribution in [0.15, 0.2) is 42.6 Å². The van der Waals surface area contributed by atoms with Crippen LogP contribution in [0.4, 0.5) is 10.1 Å². The van der Waals surface area contributed by atoms with Gasteiger partial charge in [0.25, 0.3) is 0 Å². The van der Waals surface area contributed by atoms with E-state index in [1.807, 2.05) is 37.4 Å². The molecule has 3 rings (SSSR count). The quantitative estimate of drug-likeness (QED) is 0.891. The topological polar surface area (TPSA) is 24.9 Å². The number of anilines is 1. The van der Waals surface area contributed by atoms with Crippen LogP contribution in [0.2, 0.25) is 0 Å². The van der Waals surface area contributed by atoms with E-state index in [0.29, 0.717) is 5.92 Å². The normalized spacial score (nSPS) is 16.1. The Balaban J connectivity index is 1.81. The summed E-state index contributed by atoms with van der Waals surface area (Å²) in [4.78, 5) is 4.30. The predicted molar refractivity (Wildman–Crippen MR) is 74.5 cm³/mol. The Kier molecular flexibility index (Phi) is 3.20. The van der Waals surface area contributed by atoms with Crippen molar-refractivity contribution >= 4 is 5.69 Å². The third-order valence-electron chi connectivity index (χ3n) is 3.56. The lowest BCUT2D eigenvalue weighted by atomic mass is 10.0. The first kappa shape index (κ1) is 12.2. The Bertz CT molecular complexity index is 544. The molecule has 3 heteroatoms. The van der Waals surface area contributed by atoms with Crippen molar-refractivity contribution in [2.24, 2.45) is 5.92 Å². The Morgan fingerprint density at radius 2 is 1.89 bits per heavy atom. The standard InChI is InChI=1S/C16H17FN2/c1-11-2-9-15(10-18-11)19-16(12-3-4-12)13-5-7-14(17)8-6-13/h2,5-10,12,16,19H,3-4H2,1H3. The Morgan fingerprint density at radius 3 is 2.47 bits per heavy atom. The third kappa shape index (κ3) is 2.92. The van der Waals surface area contributed by atoms with Crippen LogP contribution in [0.25, 0.3) is 0 Å². The van der Waals surface area contributed by atoms with Crippen molar-refractivity contribution in [2.45, 2.75) is 25.8 Å². The van der Waals surface area contributed by atoms with E-state index < -0.39 is 0 Å². The molecule has 1 aliphatic rings. The van der Waals surface area contributed by atoms with Crippen molar-refractivity contribution in [1.82, 2.24) is 4.98 Å². The number of hydrogen-bond donors (Lipinski definition) is 1. The molecule has 2 aromatic rings. The van der Waals surface area contributed by atoms with Crippen molar-refractivity contribution in [1.29, 1.82) is 0 Å². The summed E-state index contributed by atoms with van der Waals surface area (Å²) in [5.41, 5.74) is 3.17. The molecule has 1 aliphatic carbocycles. The summed E-state index contributed by atoms with van der Waals surface area (Å²) in [7, 11) is 0. The number of aryl methyl sites for hydroxylation is 1. The minimum absolute atomic E-state index is 0.185. The summed E-state index contributed by atoms with van der Waals surface area (Å²) < 4.78 is 13.0. The summed E-state index contributed by atoms with van der Waals surface area (Å²) in [6.07, 6.45) is 4.32. The van der Waals surface area contributed by atoms with E-state index in [2.05, 4.69) is 10.3 Å². The molecule has 0 saturated heterocycles. The lowest BCUT2D eigenvalue weighted by Crippen LogP contribution is -2.13. The van der Waals surface area contributed by atoms with Crippen molar-refractivity contribution in [3.63, 3.8) is 0 Å². The largest absolute Gasteiger partial charge is 0.377 e. The first-order chi connectivity index (χ1) is 9.22. The second-order valence-electron chi connectivity index (χ2n) is 5.20.